The number of halogens is 7. The van der Waals surface area contributed by atoms with Crippen molar-refractivity contribution in [3.8, 4) is 5.88 Å². The Morgan fingerprint density at radius 3 is 2.43 bits per heavy atom. The summed E-state index contributed by atoms with van der Waals surface area (Å²) in [6, 6.07) is 6.16. The number of aliphatic hydroxyl groups is 1. The van der Waals surface area contributed by atoms with Crippen LogP contribution in [0.15, 0.2) is 24.3 Å². The number of nitrogens with one attached hydrogen (secondary N) is 3. The first-order valence-corrected chi connectivity index (χ1v) is 15.7. The van der Waals surface area contributed by atoms with Crippen LogP contribution in [0, 0.1) is 17.3 Å². The summed E-state index contributed by atoms with van der Waals surface area (Å²) in [4.78, 5) is 37.2. The van der Waals surface area contributed by atoms with Crippen LogP contribution >= 0.6 is 11.6 Å². The first-order valence-electron chi connectivity index (χ1n) is 15.3. The highest BCUT2D eigenvalue weighted by atomic mass is 35.5. The second-order valence-corrected chi connectivity index (χ2v) is 12.6. The monoisotopic (exact) mass is 689 g/mol. The zero-order valence-corrected chi connectivity index (χ0v) is 25.9. The SMILES string of the molecule is O=C(CCCC1CCC(C(F)(F)F)CC1)c1cc2[nH]c(Nc3cc(CNC(=O)C4(C(F)(F)F)CC4)ccc3Cl)nc2nc1OCCO. The Morgan fingerprint density at radius 1 is 1.06 bits per heavy atom. The molecule has 0 spiro atoms. The number of ketones is 1. The van der Waals surface area contributed by atoms with Crippen molar-refractivity contribution in [3.05, 3.63) is 40.4 Å². The van der Waals surface area contributed by atoms with E-state index in [1.807, 2.05) is 0 Å². The Hall–Kier alpha value is -3.59. The summed E-state index contributed by atoms with van der Waals surface area (Å²) in [6.07, 6.45) is -6.88. The molecule has 9 nitrogen and oxygen atoms in total. The van der Waals surface area contributed by atoms with Gasteiger partial charge in [0, 0.05) is 13.0 Å². The molecule has 0 unspecified atom stereocenters. The molecule has 47 heavy (non-hydrogen) atoms. The van der Waals surface area contributed by atoms with Crippen LogP contribution in [-0.2, 0) is 11.3 Å². The fraction of sp³-hybridized carbons (Fsp3) is 0.548. The van der Waals surface area contributed by atoms with Crippen LogP contribution in [0.4, 0.5) is 38.0 Å². The van der Waals surface area contributed by atoms with Gasteiger partial charge in [-0.3, -0.25) is 9.59 Å². The number of anilines is 2. The molecule has 2 saturated carbocycles. The van der Waals surface area contributed by atoms with Gasteiger partial charge in [0.05, 0.1) is 34.3 Å². The number of fused-ring (bicyclic) bond motifs is 1. The van der Waals surface area contributed by atoms with Crippen LogP contribution in [0.1, 0.15) is 73.7 Å². The van der Waals surface area contributed by atoms with E-state index in [0.717, 1.165) is 0 Å². The minimum Gasteiger partial charge on any atom is -0.475 e. The fourth-order valence-electron chi connectivity index (χ4n) is 5.92. The maximum Gasteiger partial charge on any atom is 0.403 e. The van der Waals surface area contributed by atoms with E-state index in [1.165, 1.54) is 12.1 Å². The number of alkyl halides is 6. The van der Waals surface area contributed by atoms with E-state index in [-0.39, 0.29) is 91.6 Å². The molecule has 16 heteroatoms. The lowest BCUT2D eigenvalue weighted by Gasteiger charge is -2.29. The van der Waals surface area contributed by atoms with Crippen molar-refractivity contribution in [3.63, 3.8) is 0 Å². The summed E-state index contributed by atoms with van der Waals surface area (Å²) in [5.41, 5.74) is -0.796. The molecule has 0 radical (unpaired) electrons. The van der Waals surface area contributed by atoms with Crippen molar-refractivity contribution in [1.82, 2.24) is 20.3 Å². The Labute approximate surface area is 270 Å². The second-order valence-electron chi connectivity index (χ2n) is 12.1. The molecular formula is C31H34ClF6N5O4. The Morgan fingerprint density at radius 2 is 1.79 bits per heavy atom. The number of imidazole rings is 1. The van der Waals surface area contributed by atoms with Gasteiger partial charge in [-0.2, -0.15) is 36.3 Å². The molecule has 4 N–H and O–H groups in total. The second kappa shape index (κ2) is 13.9. The number of amides is 1. The highest BCUT2D eigenvalue weighted by molar-refractivity contribution is 6.33. The number of hydrogen-bond donors (Lipinski definition) is 4. The third kappa shape index (κ3) is 8.11. The number of nitrogens with zero attached hydrogens (tertiary/aromatic N) is 2. The normalized spacial score (nSPS) is 19.4. The molecule has 0 saturated heterocycles. The van der Waals surface area contributed by atoms with Gasteiger partial charge in [-0.15, -0.1) is 0 Å². The summed E-state index contributed by atoms with van der Waals surface area (Å²) >= 11 is 6.34. The van der Waals surface area contributed by atoms with E-state index in [9.17, 15) is 41.0 Å². The van der Waals surface area contributed by atoms with Crippen LogP contribution in [0.2, 0.25) is 5.02 Å². The number of aliphatic hydroxyl groups excluding tert-OH is 1. The van der Waals surface area contributed by atoms with Crippen molar-refractivity contribution in [2.75, 3.05) is 18.5 Å². The zero-order valence-electron chi connectivity index (χ0n) is 25.2. The number of H-pyrrole nitrogens is 1. The number of carbonyl (C=O) groups is 2. The molecule has 5 rings (SSSR count). The minimum absolute atomic E-state index is 0.0247. The summed E-state index contributed by atoms with van der Waals surface area (Å²) in [7, 11) is 0. The van der Waals surface area contributed by atoms with Crippen molar-refractivity contribution in [1.29, 1.82) is 0 Å². The van der Waals surface area contributed by atoms with Crippen molar-refractivity contribution in [2.24, 2.45) is 17.3 Å². The number of aromatic nitrogens is 3. The molecular weight excluding hydrogens is 656 g/mol. The largest absolute Gasteiger partial charge is 0.475 e. The number of rotatable bonds is 13. The molecule has 0 atom stereocenters. The summed E-state index contributed by atoms with van der Waals surface area (Å²) in [5.74, 6) is -2.33. The average Bonchev–Trinajstić information content (AvgIpc) is 3.75. The predicted octanol–water partition coefficient (Wildman–Crippen LogP) is 7.41. The van der Waals surface area contributed by atoms with Gasteiger partial charge in [-0.05, 0) is 74.6 Å². The lowest BCUT2D eigenvalue weighted by molar-refractivity contribution is -0.192. The van der Waals surface area contributed by atoms with Crippen LogP contribution in [-0.4, -0.2) is 57.3 Å². The van der Waals surface area contributed by atoms with Gasteiger partial charge in [0.25, 0.3) is 0 Å². The van der Waals surface area contributed by atoms with Crippen LogP contribution < -0.4 is 15.4 Å². The van der Waals surface area contributed by atoms with Gasteiger partial charge >= 0.3 is 12.4 Å². The molecule has 2 heterocycles. The topological polar surface area (TPSA) is 129 Å². The Balaban J connectivity index is 1.24. The molecule has 2 fully saturated rings. The molecule has 2 aliphatic rings. The first-order chi connectivity index (χ1) is 22.2. The molecule has 0 bridgehead atoms. The quantitative estimate of drug-likeness (QED) is 0.109. The zero-order chi connectivity index (χ0) is 34.0. The molecule has 1 aromatic carbocycles. The maximum absolute atomic E-state index is 13.3. The third-order valence-electron chi connectivity index (χ3n) is 8.86. The summed E-state index contributed by atoms with van der Waals surface area (Å²) in [5, 5.41) is 14.9. The number of hydrogen-bond acceptors (Lipinski definition) is 7. The molecule has 3 aromatic rings. The van der Waals surface area contributed by atoms with Gasteiger partial charge in [-0.25, -0.2) is 0 Å². The molecule has 1 amide bonds. The number of aromatic amines is 1. The number of Topliss-reactive ketones (excluding diaryl/α,β-unsaturated/α-hetero) is 1. The van der Waals surface area contributed by atoms with E-state index in [2.05, 4.69) is 25.6 Å². The van der Waals surface area contributed by atoms with Crippen LogP contribution in [0.5, 0.6) is 5.88 Å². The number of carbonyl (C=O) groups excluding carboxylic acids is 2. The van der Waals surface area contributed by atoms with Gasteiger partial charge in [0.15, 0.2) is 11.4 Å². The van der Waals surface area contributed by atoms with Crippen LogP contribution in [0.3, 0.4) is 0 Å². The van der Waals surface area contributed by atoms with Gasteiger partial charge in [0.1, 0.15) is 12.0 Å². The Bertz CT molecular complexity index is 1600. The van der Waals surface area contributed by atoms with Gasteiger partial charge in [0.2, 0.25) is 17.7 Å². The third-order valence-corrected chi connectivity index (χ3v) is 9.19. The summed E-state index contributed by atoms with van der Waals surface area (Å²) < 4.78 is 84.3. The predicted molar refractivity (Wildman–Crippen MR) is 160 cm³/mol. The maximum atomic E-state index is 13.3. The van der Waals surface area contributed by atoms with Crippen molar-refractivity contribution < 1.29 is 45.8 Å². The first kappa shape index (κ1) is 34.7. The lowest BCUT2D eigenvalue weighted by Crippen LogP contribution is -2.40. The highest BCUT2D eigenvalue weighted by Crippen LogP contribution is 2.57. The molecule has 256 valence electrons. The molecule has 2 aliphatic carbocycles. The van der Waals surface area contributed by atoms with Crippen molar-refractivity contribution in [2.45, 2.75) is 76.7 Å². The highest BCUT2D eigenvalue weighted by Gasteiger charge is 2.68. The van der Waals surface area contributed by atoms with Crippen molar-refractivity contribution >= 4 is 46.1 Å². The summed E-state index contributed by atoms with van der Waals surface area (Å²) in [6.45, 7) is -0.607. The van der Waals surface area contributed by atoms with E-state index in [1.54, 1.807) is 12.1 Å². The Kier molecular flexibility index (Phi) is 10.3. The van der Waals surface area contributed by atoms with E-state index >= 15 is 0 Å². The number of benzene rings is 1. The standard InChI is InChI=1S/C31H34ClF6N5O4/c32-21-9-6-18(16-39-27(46)29(10-11-29)31(36,37)38)14-22(21)40-28-41-23-15-20(26(47-13-12-44)42-25(23)43-28)24(45)3-1-2-17-4-7-19(8-5-17)30(33,34)35/h6,9,14-15,17,19,44H,1-5,7-8,10-13,16H2,(H,39,46)(H2,40,41,42,43). The lowest BCUT2D eigenvalue weighted by atomic mass is 9.79. The van der Waals surface area contributed by atoms with Gasteiger partial charge < -0.3 is 25.5 Å². The van der Waals surface area contributed by atoms with E-state index < -0.39 is 29.6 Å². The minimum atomic E-state index is -4.62. The van der Waals surface area contributed by atoms with E-state index in [0.29, 0.717) is 42.5 Å². The molecule has 2 aromatic heterocycles. The smallest absolute Gasteiger partial charge is 0.403 e. The van der Waals surface area contributed by atoms with Crippen LogP contribution in [0.25, 0.3) is 11.2 Å². The number of pyridine rings is 1. The van der Waals surface area contributed by atoms with Gasteiger partial charge in [-0.1, -0.05) is 24.1 Å². The molecule has 0 aliphatic heterocycles. The van der Waals surface area contributed by atoms with E-state index in [4.69, 9.17) is 16.3 Å². The fourth-order valence-corrected chi connectivity index (χ4v) is 6.09. The number of ether oxygens (including phenoxy) is 1. The average molecular weight is 690 g/mol.